The Kier molecular flexibility index (Phi) is 4.32. The van der Waals surface area contributed by atoms with Crippen molar-refractivity contribution in [2.45, 2.75) is 19.8 Å². The number of nitrogens with one attached hydrogen (secondary N) is 1. The smallest absolute Gasteiger partial charge is 0.223 e. The van der Waals surface area contributed by atoms with Crippen LogP contribution in [0, 0.1) is 5.82 Å². The van der Waals surface area contributed by atoms with Crippen molar-refractivity contribution in [3.05, 3.63) is 59.8 Å². The van der Waals surface area contributed by atoms with Crippen LogP contribution in [0.2, 0.25) is 0 Å². The second-order valence-electron chi connectivity index (χ2n) is 7.02. The van der Waals surface area contributed by atoms with Crippen LogP contribution < -0.4 is 11.1 Å². The first kappa shape index (κ1) is 18.4. The van der Waals surface area contributed by atoms with Gasteiger partial charge in [-0.05, 0) is 43.2 Å². The van der Waals surface area contributed by atoms with E-state index in [0.29, 0.717) is 29.3 Å². The zero-order chi connectivity index (χ0) is 20.8. The molecule has 9 heteroatoms. The van der Waals surface area contributed by atoms with Gasteiger partial charge < -0.3 is 11.1 Å². The van der Waals surface area contributed by atoms with Crippen molar-refractivity contribution in [3.8, 4) is 27.5 Å². The highest BCUT2D eigenvalue weighted by Gasteiger charge is 2.30. The van der Waals surface area contributed by atoms with Gasteiger partial charge in [0, 0.05) is 36.1 Å². The molecule has 3 aromatic heterocycles. The van der Waals surface area contributed by atoms with E-state index in [4.69, 9.17) is 10.8 Å². The Bertz CT molecular complexity index is 1280. The highest BCUT2D eigenvalue weighted by molar-refractivity contribution is 7.19. The molecule has 30 heavy (non-hydrogen) atoms. The summed E-state index contributed by atoms with van der Waals surface area (Å²) in [5.74, 6) is -0.646. The van der Waals surface area contributed by atoms with Crippen LogP contribution >= 0.6 is 11.3 Å². The predicted molar refractivity (Wildman–Crippen MR) is 114 cm³/mol. The lowest BCUT2D eigenvalue weighted by Crippen LogP contribution is -2.07. The summed E-state index contributed by atoms with van der Waals surface area (Å²) in [4.78, 5) is 21.1. The molecule has 0 aliphatic heterocycles. The second kappa shape index (κ2) is 7.03. The van der Waals surface area contributed by atoms with Gasteiger partial charge in [0.15, 0.2) is 10.9 Å². The molecular formula is C21H17FN6OS. The van der Waals surface area contributed by atoms with Crippen molar-refractivity contribution in [3.63, 3.8) is 0 Å². The maximum Gasteiger partial charge on any atom is 0.223 e. The van der Waals surface area contributed by atoms with Crippen LogP contribution in [0.3, 0.4) is 0 Å². The van der Waals surface area contributed by atoms with Crippen molar-refractivity contribution in [1.29, 1.82) is 0 Å². The van der Waals surface area contributed by atoms with E-state index < -0.39 is 5.82 Å². The van der Waals surface area contributed by atoms with E-state index in [1.807, 2.05) is 12.1 Å². The maximum atomic E-state index is 14.8. The number of carbonyl (C=O) groups is 1. The Hall–Kier alpha value is -3.59. The number of halogens is 1. The summed E-state index contributed by atoms with van der Waals surface area (Å²) in [5, 5.41) is 8.05. The Morgan fingerprint density at radius 2 is 2.17 bits per heavy atom. The molecule has 0 atom stereocenters. The molecule has 1 amide bonds. The van der Waals surface area contributed by atoms with Crippen LogP contribution in [-0.2, 0) is 17.6 Å². The number of thiazole rings is 1. The minimum absolute atomic E-state index is 0.185. The van der Waals surface area contributed by atoms with Gasteiger partial charge in [-0.15, -0.1) is 0 Å². The molecule has 0 saturated heterocycles. The molecule has 5 rings (SSSR count). The minimum atomic E-state index is -0.461. The fraction of sp³-hybridized carbons (Fsp3) is 0.143. The van der Waals surface area contributed by atoms with Gasteiger partial charge in [0.2, 0.25) is 5.91 Å². The van der Waals surface area contributed by atoms with Gasteiger partial charge in [-0.3, -0.25) is 9.78 Å². The average Bonchev–Trinajstić information content (AvgIpc) is 3.29. The van der Waals surface area contributed by atoms with Crippen molar-refractivity contribution in [1.82, 2.24) is 19.7 Å². The molecule has 150 valence electrons. The van der Waals surface area contributed by atoms with Gasteiger partial charge in [-0.1, -0.05) is 11.3 Å². The van der Waals surface area contributed by atoms with Crippen molar-refractivity contribution >= 4 is 28.1 Å². The normalized spacial score (nSPS) is 12.3. The SMILES string of the molecule is CC(=O)Nc1nc2c(s1)-c1c(c(-c3cccnc3)nn1-c1ccc(N)cc1F)CC2. The molecule has 0 fully saturated rings. The van der Waals surface area contributed by atoms with Crippen molar-refractivity contribution in [2.24, 2.45) is 0 Å². The van der Waals surface area contributed by atoms with E-state index in [0.717, 1.165) is 33.1 Å². The van der Waals surface area contributed by atoms with Crippen LogP contribution in [-0.4, -0.2) is 25.7 Å². The molecule has 4 aromatic rings. The van der Waals surface area contributed by atoms with Gasteiger partial charge in [0.1, 0.15) is 5.69 Å². The number of carbonyl (C=O) groups excluding carboxylic acids is 1. The molecule has 0 bridgehead atoms. The quantitative estimate of drug-likeness (QED) is 0.491. The summed E-state index contributed by atoms with van der Waals surface area (Å²) in [6.45, 7) is 1.44. The third-order valence-electron chi connectivity index (χ3n) is 4.93. The number of pyridine rings is 1. The summed E-state index contributed by atoms with van der Waals surface area (Å²) < 4.78 is 16.5. The number of benzene rings is 1. The highest BCUT2D eigenvalue weighted by atomic mass is 32.1. The first-order valence-electron chi connectivity index (χ1n) is 9.36. The van der Waals surface area contributed by atoms with Gasteiger partial charge in [-0.2, -0.15) is 5.10 Å². The maximum absolute atomic E-state index is 14.8. The first-order chi connectivity index (χ1) is 14.5. The largest absolute Gasteiger partial charge is 0.399 e. The minimum Gasteiger partial charge on any atom is -0.399 e. The number of rotatable bonds is 3. The van der Waals surface area contributed by atoms with Crippen molar-refractivity contribution in [2.75, 3.05) is 11.1 Å². The van der Waals surface area contributed by atoms with Gasteiger partial charge in [0.05, 0.1) is 22.0 Å². The van der Waals surface area contributed by atoms with E-state index >= 15 is 0 Å². The second-order valence-corrected chi connectivity index (χ2v) is 8.02. The average molecular weight is 420 g/mol. The third-order valence-corrected chi connectivity index (χ3v) is 5.95. The van der Waals surface area contributed by atoms with E-state index in [1.165, 1.54) is 24.3 Å². The van der Waals surface area contributed by atoms with Crippen molar-refractivity contribution < 1.29 is 9.18 Å². The zero-order valence-electron chi connectivity index (χ0n) is 16.0. The van der Waals surface area contributed by atoms with Gasteiger partial charge >= 0.3 is 0 Å². The highest BCUT2D eigenvalue weighted by Crippen LogP contribution is 2.44. The molecule has 0 saturated carbocycles. The van der Waals surface area contributed by atoms with Crippen LogP contribution in [0.5, 0.6) is 0 Å². The molecule has 3 N–H and O–H groups in total. The number of hydrogen-bond acceptors (Lipinski definition) is 6. The number of aromatic nitrogens is 4. The fourth-order valence-electron chi connectivity index (χ4n) is 3.68. The summed E-state index contributed by atoms with van der Waals surface area (Å²) in [7, 11) is 0. The molecule has 1 aliphatic rings. The van der Waals surface area contributed by atoms with Crippen LogP contribution in [0.15, 0.2) is 42.7 Å². The summed E-state index contributed by atoms with van der Waals surface area (Å²) >= 11 is 1.37. The Balaban J connectivity index is 1.77. The lowest BCUT2D eigenvalue weighted by Gasteiger charge is -2.14. The molecule has 0 unspecified atom stereocenters. The molecule has 0 spiro atoms. The molecule has 0 radical (unpaired) electrons. The Labute approximate surface area is 175 Å². The zero-order valence-corrected chi connectivity index (χ0v) is 16.8. The van der Waals surface area contributed by atoms with E-state index in [9.17, 15) is 9.18 Å². The van der Waals surface area contributed by atoms with E-state index in [2.05, 4.69) is 15.3 Å². The molecule has 7 nitrogen and oxygen atoms in total. The number of anilines is 2. The Morgan fingerprint density at radius 1 is 1.30 bits per heavy atom. The molecule has 1 aliphatic carbocycles. The van der Waals surface area contributed by atoms with E-state index in [-0.39, 0.29) is 5.91 Å². The lowest BCUT2D eigenvalue weighted by atomic mass is 9.95. The van der Waals surface area contributed by atoms with E-state index in [1.54, 1.807) is 29.2 Å². The number of hydrogen-bond donors (Lipinski definition) is 2. The van der Waals surface area contributed by atoms with Crippen LogP contribution in [0.1, 0.15) is 18.2 Å². The topological polar surface area (TPSA) is 98.7 Å². The number of nitrogens with two attached hydrogens (primary N) is 1. The molecular weight excluding hydrogens is 403 g/mol. The van der Waals surface area contributed by atoms with Crippen LogP contribution in [0.25, 0.3) is 27.5 Å². The third kappa shape index (κ3) is 3.03. The van der Waals surface area contributed by atoms with Gasteiger partial charge in [0.25, 0.3) is 0 Å². The summed E-state index contributed by atoms with van der Waals surface area (Å²) in [6.07, 6.45) is 4.86. The van der Waals surface area contributed by atoms with Gasteiger partial charge in [-0.25, -0.2) is 14.1 Å². The number of nitrogens with zero attached hydrogens (tertiary/aromatic N) is 4. The number of aryl methyl sites for hydroxylation is 1. The fourth-order valence-corrected chi connectivity index (χ4v) is 4.79. The number of nitrogen functional groups attached to an aromatic ring is 1. The monoisotopic (exact) mass is 420 g/mol. The first-order valence-corrected chi connectivity index (χ1v) is 10.2. The van der Waals surface area contributed by atoms with Crippen LogP contribution in [0.4, 0.5) is 15.2 Å². The number of fused-ring (bicyclic) bond motifs is 3. The summed E-state index contributed by atoms with van der Waals surface area (Å²) in [6, 6.07) is 8.33. The predicted octanol–water partition coefficient (Wildman–Crippen LogP) is 3.84. The Morgan fingerprint density at radius 3 is 2.90 bits per heavy atom. The standard InChI is InChI=1S/C21H17FN6OS/c1-11(29)25-21-26-16-6-5-14-18(12-3-2-8-24-10-12)27-28(19(14)20(16)30-21)17-7-4-13(23)9-15(17)22/h2-4,7-10H,5-6,23H2,1H3,(H,25,26,29). The molecule has 3 heterocycles. The lowest BCUT2D eigenvalue weighted by molar-refractivity contribution is -0.114. The summed E-state index contributed by atoms with van der Waals surface area (Å²) in [5.41, 5.74) is 10.7. The molecule has 1 aromatic carbocycles. The number of amides is 1.